The van der Waals surface area contributed by atoms with Gasteiger partial charge in [-0.2, -0.15) is 5.10 Å². The first-order valence-electron chi connectivity index (χ1n) is 8.41. The second-order valence-electron chi connectivity index (χ2n) is 6.58. The Hall–Kier alpha value is -2.25. The van der Waals surface area contributed by atoms with Crippen molar-refractivity contribution in [3.8, 4) is 0 Å². The first-order valence-corrected chi connectivity index (χ1v) is 8.41. The lowest BCUT2D eigenvalue weighted by Crippen LogP contribution is -2.57. The molecule has 2 aromatic rings. The van der Waals surface area contributed by atoms with Crippen LogP contribution in [0, 0.1) is 5.82 Å². The Morgan fingerprint density at radius 2 is 2.20 bits per heavy atom. The highest BCUT2D eigenvalue weighted by Crippen LogP contribution is 2.24. The molecule has 0 spiro atoms. The van der Waals surface area contributed by atoms with Crippen LogP contribution in [-0.4, -0.2) is 44.4 Å². The normalized spacial score (nSPS) is 20.9. The minimum Gasteiger partial charge on any atom is -0.379 e. The molecule has 0 unspecified atom stereocenters. The molecule has 134 valence electrons. The van der Waals surface area contributed by atoms with Crippen LogP contribution in [0.25, 0.3) is 0 Å². The van der Waals surface area contributed by atoms with Gasteiger partial charge in [0.2, 0.25) is 0 Å². The highest BCUT2D eigenvalue weighted by Gasteiger charge is 2.41. The van der Waals surface area contributed by atoms with E-state index in [9.17, 15) is 14.3 Å². The molecule has 1 fully saturated rings. The van der Waals surface area contributed by atoms with Crippen LogP contribution in [0.15, 0.2) is 36.7 Å². The molecule has 0 aliphatic carbocycles. The van der Waals surface area contributed by atoms with Crippen molar-refractivity contribution in [2.75, 3.05) is 13.1 Å². The molecular weight excluding hydrogens is 323 g/mol. The Bertz CT molecular complexity index is 748. The number of aliphatic hydroxyl groups is 1. The number of nitrogens with zero attached hydrogens (tertiary/aromatic N) is 3. The van der Waals surface area contributed by atoms with Gasteiger partial charge in [0, 0.05) is 50.6 Å². The Morgan fingerprint density at radius 1 is 1.40 bits per heavy atom. The molecule has 1 aromatic carbocycles. The van der Waals surface area contributed by atoms with E-state index < -0.39 is 5.60 Å². The van der Waals surface area contributed by atoms with Crippen LogP contribution in [-0.2, 0) is 24.9 Å². The number of nitrogens with one attached hydrogen (secondary N) is 1. The number of halogens is 1. The van der Waals surface area contributed by atoms with E-state index in [0.29, 0.717) is 31.5 Å². The molecule has 0 bridgehead atoms. The van der Waals surface area contributed by atoms with E-state index in [1.807, 2.05) is 13.2 Å². The molecule has 7 heteroatoms. The van der Waals surface area contributed by atoms with Crippen molar-refractivity contribution >= 4 is 5.91 Å². The van der Waals surface area contributed by atoms with Gasteiger partial charge in [-0.3, -0.25) is 9.48 Å². The largest absolute Gasteiger partial charge is 0.379 e. The van der Waals surface area contributed by atoms with Gasteiger partial charge in [-0.25, -0.2) is 4.39 Å². The molecule has 2 heterocycles. The monoisotopic (exact) mass is 346 g/mol. The van der Waals surface area contributed by atoms with E-state index in [1.54, 1.807) is 29.1 Å². The maximum absolute atomic E-state index is 13.8. The third-order valence-electron chi connectivity index (χ3n) is 4.53. The smallest absolute Gasteiger partial charge is 0.256 e. The number of carbonyl (C=O) groups is 1. The molecule has 2 N–H and O–H groups in total. The van der Waals surface area contributed by atoms with E-state index in [1.165, 1.54) is 11.0 Å². The van der Waals surface area contributed by atoms with E-state index in [0.717, 1.165) is 5.56 Å². The summed E-state index contributed by atoms with van der Waals surface area (Å²) < 4.78 is 15.5. The number of amides is 1. The second-order valence-corrected chi connectivity index (χ2v) is 6.58. The predicted molar refractivity (Wildman–Crippen MR) is 90.9 cm³/mol. The highest BCUT2D eigenvalue weighted by molar-refractivity contribution is 5.86. The van der Waals surface area contributed by atoms with Crippen LogP contribution in [0.3, 0.4) is 0 Å². The summed E-state index contributed by atoms with van der Waals surface area (Å²) in [5, 5.41) is 18.0. The van der Waals surface area contributed by atoms with Crippen molar-refractivity contribution in [2.45, 2.75) is 31.5 Å². The molecule has 1 aliphatic heterocycles. The molecular formula is C18H23FN4O2. The van der Waals surface area contributed by atoms with Gasteiger partial charge >= 0.3 is 0 Å². The maximum atomic E-state index is 13.8. The van der Waals surface area contributed by atoms with Gasteiger partial charge in [-0.15, -0.1) is 0 Å². The molecule has 1 amide bonds. The number of aryl methyl sites for hydroxylation is 1. The quantitative estimate of drug-likeness (QED) is 0.825. The minimum atomic E-state index is -1.45. The fourth-order valence-corrected chi connectivity index (χ4v) is 3.19. The van der Waals surface area contributed by atoms with Crippen LogP contribution in [0.2, 0.25) is 0 Å². The van der Waals surface area contributed by atoms with Crippen molar-refractivity contribution in [3.05, 3.63) is 53.6 Å². The fourth-order valence-electron chi connectivity index (χ4n) is 3.19. The molecule has 1 aliphatic rings. The number of rotatable bonds is 6. The standard InChI is InChI=1S/C18H23FN4O2/c1-22-11-14(10-21-22)9-20-13-18(25)7-4-8-23(17(18)24)12-15-5-2-3-6-16(15)19/h2-3,5-6,10-11,20,25H,4,7-9,12-13H2,1H3/t18-/m0/s1. The SMILES string of the molecule is Cn1cc(CNC[C@@]2(O)CCCN(Cc3ccccc3F)C2=O)cn1. The molecule has 0 saturated carbocycles. The van der Waals surface area contributed by atoms with Crippen LogP contribution in [0.1, 0.15) is 24.0 Å². The summed E-state index contributed by atoms with van der Waals surface area (Å²) in [6, 6.07) is 6.41. The summed E-state index contributed by atoms with van der Waals surface area (Å²) in [5.41, 5.74) is -0.00730. The average Bonchev–Trinajstić information content (AvgIpc) is 2.99. The van der Waals surface area contributed by atoms with Crippen molar-refractivity contribution in [3.63, 3.8) is 0 Å². The molecule has 1 aromatic heterocycles. The number of benzene rings is 1. The Labute approximate surface area is 146 Å². The molecule has 25 heavy (non-hydrogen) atoms. The zero-order valence-electron chi connectivity index (χ0n) is 14.3. The van der Waals surface area contributed by atoms with E-state index in [-0.39, 0.29) is 24.8 Å². The summed E-state index contributed by atoms with van der Waals surface area (Å²) in [4.78, 5) is 14.2. The number of aromatic nitrogens is 2. The number of piperidine rings is 1. The van der Waals surface area contributed by atoms with Gasteiger partial charge in [0.1, 0.15) is 5.82 Å². The van der Waals surface area contributed by atoms with Gasteiger partial charge in [0.15, 0.2) is 5.60 Å². The van der Waals surface area contributed by atoms with Crippen LogP contribution >= 0.6 is 0 Å². The topological polar surface area (TPSA) is 70.4 Å². The van der Waals surface area contributed by atoms with Crippen molar-refractivity contribution < 1.29 is 14.3 Å². The number of hydrogen-bond acceptors (Lipinski definition) is 4. The van der Waals surface area contributed by atoms with Gasteiger partial charge in [0.05, 0.1) is 6.20 Å². The maximum Gasteiger partial charge on any atom is 0.256 e. The predicted octanol–water partition coefficient (Wildman–Crippen LogP) is 1.20. The van der Waals surface area contributed by atoms with E-state index in [4.69, 9.17) is 0 Å². The van der Waals surface area contributed by atoms with Crippen molar-refractivity contribution in [1.29, 1.82) is 0 Å². The molecule has 6 nitrogen and oxygen atoms in total. The molecule has 3 rings (SSSR count). The van der Waals surface area contributed by atoms with E-state index in [2.05, 4.69) is 10.4 Å². The summed E-state index contributed by atoms with van der Waals surface area (Å²) in [6.45, 7) is 1.39. The minimum absolute atomic E-state index is 0.161. The Morgan fingerprint density at radius 3 is 2.92 bits per heavy atom. The average molecular weight is 346 g/mol. The summed E-state index contributed by atoms with van der Waals surface area (Å²) in [5.74, 6) is -0.681. The lowest BCUT2D eigenvalue weighted by molar-refractivity contribution is -0.157. The summed E-state index contributed by atoms with van der Waals surface area (Å²) >= 11 is 0. The Kier molecular flexibility index (Phi) is 5.15. The number of hydrogen-bond donors (Lipinski definition) is 2. The zero-order chi connectivity index (χ0) is 17.9. The van der Waals surface area contributed by atoms with Gasteiger partial charge in [0.25, 0.3) is 5.91 Å². The van der Waals surface area contributed by atoms with Crippen LogP contribution in [0.5, 0.6) is 0 Å². The number of carbonyl (C=O) groups excluding carboxylic acids is 1. The molecule has 1 atom stereocenters. The first-order chi connectivity index (χ1) is 12.0. The van der Waals surface area contributed by atoms with Crippen molar-refractivity contribution in [1.82, 2.24) is 20.0 Å². The highest BCUT2D eigenvalue weighted by atomic mass is 19.1. The fraction of sp³-hybridized carbons (Fsp3) is 0.444. The van der Waals surface area contributed by atoms with Crippen LogP contribution < -0.4 is 5.32 Å². The summed E-state index contributed by atoms with van der Waals surface area (Å²) in [6.07, 6.45) is 4.71. The second kappa shape index (κ2) is 7.33. The summed E-state index contributed by atoms with van der Waals surface area (Å²) in [7, 11) is 1.84. The molecule has 1 saturated heterocycles. The Balaban J connectivity index is 1.61. The first kappa shape index (κ1) is 17.6. The zero-order valence-corrected chi connectivity index (χ0v) is 14.3. The lowest BCUT2D eigenvalue weighted by atomic mass is 9.91. The van der Waals surface area contributed by atoms with Gasteiger partial charge < -0.3 is 15.3 Å². The number of likely N-dealkylation sites (tertiary alicyclic amines) is 1. The van der Waals surface area contributed by atoms with Crippen molar-refractivity contribution in [2.24, 2.45) is 7.05 Å². The van der Waals surface area contributed by atoms with Gasteiger partial charge in [-0.1, -0.05) is 18.2 Å². The molecule has 0 radical (unpaired) electrons. The third kappa shape index (κ3) is 4.05. The lowest BCUT2D eigenvalue weighted by Gasteiger charge is -2.38. The van der Waals surface area contributed by atoms with Gasteiger partial charge in [-0.05, 0) is 18.9 Å². The van der Waals surface area contributed by atoms with Crippen LogP contribution in [0.4, 0.5) is 4.39 Å². The third-order valence-corrected chi connectivity index (χ3v) is 4.53. The van der Waals surface area contributed by atoms with E-state index >= 15 is 0 Å².